The third-order valence-electron chi connectivity index (χ3n) is 1.84. The van der Waals surface area contributed by atoms with E-state index in [1.165, 1.54) is 7.11 Å². The average Bonchev–Trinajstić information content (AvgIpc) is 2.80. The smallest absolute Gasteiger partial charge is 0.309 e. The maximum Gasteiger partial charge on any atom is 0.309 e. The van der Waals surface area contributed by atoms with Gasteiger partial charge in [-0.1, -0.05) is 0 Å². The van der Waals surface area contributed by atoms with Crippen molar-refractivity contribution in [3.8, 4) is 0 Å². The van der Waals surface area contributed by atoms with Gasteiger partial charge < -0.3 is 4.74 Å². The standard InChI is InChI=1S/C7H9ClO3/c1-11-7(10)5-2-4(5)6(9)3-8/h4-5H,2-3H2,1H3/t4-,5+/m1/s1. The number of hydrogen-bond donors (Lipinski definition) is 0. The van der Waals surface area contributed by atoms with E-state index in [-0.39, 0.29) is 29.5 Å². The van der Waals surface area contributed by atoms with E-state index in [0.29, 0.717) is 6.42 Å². The summed E-state index contributed by atoms with van der Waals surface area (Å²) in [5.74, 6) is -0.736. The Kier molecular flexibility index (Phi) is 2.49. The van der Waals surface area contributed by atoms with Crippen molar-refractivity contribution >= 4 is 23.4 Å². The van der Waals surface area contributed by atoms with Crippen molar-refractivity contribution in [2.75, 3.05) is 13.0 Å². The predicted octanol–water partition coefficient (Wildman–Crippen LogP) is 0.603. The van der Waals surface area contributed by atoms with Gasteiger partial charge in [-0.3, -0.25) is 9.59 Å². The van der Waals surface area contributed by atoms with Crippen molar-refractivity contribution in [1.29, 1.82) is 0 Å². The highest BCUT2D eigenvalue weighted by molar-refractivity contribution is 6.28. The summed E-state index contributed by atoms with van der Waals surface area (Å²) < 4.78 is 4.46. The second-order valence-electron chi connectivity index (χ2n) is 2.57. The molecule has 11 heavy (non-hydrogen) atoms. The molecule has 62 valence electrons. The van der Waals surface area contributed by atoms with E-state index in [1.807, 2.05) is 0 Å². The first kappa shape index (κ1) is 8.53. The lowest BCUT2D eigenvalue weighted by Crippen LogP contribution is -2.10. The molecule has 0 aromatic carbocycles. The lowest BCUT2D eigenvalue weighted by atomic mass is 10.2. The van der Waals surface area contributed by atoms with Crippen LogP contribution in [-0.2, 0) is 14.3 Å². The molecule has 0 N–H and O–H groups in total. The molecule has 1 rings (SSSR count). The van der Waals surface area contributed by atoms with E-state index in [2.05, 4.69) is 4.74 Å². The number of carbonyl (C=O) groups is 2. The Morgan fingerprint density at radius 2 is 2.18 bits per heavy atom. The van der Waals surface area contributed by atoms with Crippen LogP contribution in [0.4, 0.5) is 0 Å². The zero-order chi connectivity index (χ0) is 8.43. The zero-order valence-corrected chi connectivity index (χ0v) is 6.93. The van der Waals surface area contributed by atoms with Crippen LogP contribution in [0.3, 0.4) is 0 Å². The van der Waals surface area contributed by atoms with Crippen LogP contribution in [0.1, 0.15) is 6.42 Å². The minimum Gasteiger partial charge on any atom is -0.469 e. The molecule has 1 fully saturated rings. The van der Waals surface area contributed by atoms with Crippen molar-refractivity contribution in [3.63, 3.8) is 0 Å². The summed E-state index contributed by atoms with van der Waals surface area (Å²) in [6, 6.07) is 0. The molecule has 0 aliphatic heterocycles. The van der Waals surface area contributed by atoms with E-state index in [1.54, 1.807) is 0 Å². The fraction of sp³-hybridized carbons (Fsp3) is 0.714. The van der Waals surface area contributed by atoms with Crippen LogP contribution in [0.2, 0.25) is 0 Å². The molecule has 0 aromatic heterocycles. The van der Waals surface area contributed by atoms with Gasteiger partial charge in [-0.2, -0.15) is 0 Å². The Hall–Kier alpha value is -0.570. The quantitative estimate of drug-likeness (QED) is 0.467. The first-order chi connectivity index (χ1) is 5.20. The Morgan fingerprint density at radius 3 is 2.64 bits per heavy atom. The van der Waals surface area contributed by atoms with Gasteiger partial charge in [-0.05, 0) is 6.42 Å². The molecule has 0 aromatic rings. The molecule has 0 saturated heterocycles. The third kappa shape index (κ3) is 1.71. The van der Waals surface area contributed by atoms with Gasteiger partial charge in [-0.15, -0.1) is 11.6 Å². The highest BCUT2D eigenvalue weighted by atomic mass is 35.5. The Bertz CT molecular complexity index is 170. The minimum atomic E-state index is -0.298. The molecule has 3 nitrogen and oxygen atoms in total. The van der Waals surface area contributed by atoms with Gasteiger partial charge in [0.05, 0.1) is 18.9 Å². The van der Waals surface area contributed by atoms with Crippen LogP contribution in [0, 0.1) is 11.8 Å². The molecule has 0 amide bonds. The van der Waals surface area contributed by atoms with Gasteiger partial charge in [0.25, 0.3) is 0 Å². The molecule has 1 aliphatic carbocycles. The zero-order valence-electron chi connectivity index (χ0n) is 6.17. The highest BCUT2D eigenvalue weighted by Crippen LogP contribution is 2.40. The number of ether oxygens (including phenoxy) is 1. The van der Waals surface area contributed by atoms with Crippen LogP contribution in [0.5, 0.6) is 0 Å². The van der Waals surface area contributed by atoms with Crippen molar-refractivity contribution < 1.29 is 14.3 Å². The summed E-state index contributed by atoms with van der Waals surface area (Å²) in [6.07, 6.45) is 0.609. The molecule has 0 radical (unpaired) electrons. The summed E-state index contributed by atoms with van der Waals surface area (Å²) in [4.78, 5) is 21.7. The van der Waals surface area contributed by atoms with Crippen LogP contribution in [0.25, 0.3) is 0 Å². The third-order valence-corrected chi connectivity index (χ3v) is 2.10. The van der Waals surface area contributed by atoms with Gasteiger partial charge in [0.2, 0.25) is 0 Å². The summed E-state index contributed by atoms with van der Waals surface area (Å²) in [5.41, 5.74) is 0. The second-order valence-corrected chi connectivity index (χ2v) is 2.84. The molecule has 2 atom stereocenters. The first-order valence-corrected chi connectivity index (χ1v) is 3.90. The van der Waals surface area contributed by atoms with Crippen molar-refractivity contribution in [2.45, 2.75) is 6.42 Å². The molecule has 1 aliphatic rings. The minimum absolute atomic E-state index is 0.00182. The lowest BCUT2D eigenvalue weighted by molar-refractivity contribution is -0.143. The second kappa shape index (κ2) is 3.22. The fourth-order valence-corrected chi connectivity index (χ4v) is 1.26. The molecule has 0 heterocycles. The Morgan fingerprint density at radius 1 is 1.55 bits per heavy atom. The number of esters is 1. The number of rotatable bonds is 3. The number of halogens is 1. The molecule has 4 heteroatoms. The summed E-state index contributed by atoms with van der Waals surface area (Å²) in [5, 5.41) is 0. The monoisotopic (exact) mass is 176 g/mol. The lowest BCUT2D eigenvalue weighted by Gasteiger charge is -1.94. The Balaban J connectivity index is 2.37. The summed E-state index contributed by atoms with van der Waals surface area (Å²) >= 11 is 5.30. The fourth-order valence-electron chi connectivity index (χ4n) is 1.06. The van der Waals surface area contributed by atoms with Gasteiger partial charge >= 0.3 is 5.97 Å². The van der Waals surface area contributed by atoms with Crippen LogP contribution < -0.4 is 0 Å². The first-order valence-electron chi connectivity index (χ1n) is 3.37. The number of Topliss-reactive ketones (excluding diaryl/α,β-unsaturated/α-hetero) is 1. The number of methoxy groups -OCH3 is 1. The number of alkyl halides is 1. The van der Waals surface area contributed by atoms with Gasteiger partial charge in [-0.25, -0.2) is 0 Å². The van der Waals surface area contributed by atoms with Gasteiger partial charge in [0.1, 0.15) is 0 Å². The van der Waals surface area contributed by atoms with E-state index < -0.39 is 0 Å². The van der Waals surface area contributed by atoms with Gasteiger partial charge in [0, 0.05) is 5.92 Å². The average molecular weight is 177 g/mol. The molecule has 0 unspecified atom stereocenters. The Labute approximate surface area is 69.7 Å². The predicted molar refractivity (Wildman–Crippen MR) is 39.3 cm³/mol. The van der Waals surface area contributed by atoms with Crippen LogP contribution in [-0.4, -0.2) is 24.7 Å². The van der Waals surface area contributed by atoms with E-state index in [9.17, 15) is 9.59 Å². The maximum atomic E-state index is 10.9. The highest BCUT2D eigenvalue weighted by Gasteiger charge is 2.48. The maximum absolute atomic E-state index is 10.9. The topological polar surface area (TPSA) is 43.4 Å². The molecular formula is C7H9ClO3. The number of carbonyl (C=O) groups excluding carboxylic acids is 2. The van der Waals surface area contributed by atoms with Crippen LogP contribution >= 0.6 is 11.6 Å². The number of ketones is 1. The summed E-state index contributed by atoms with van der Waals surface area (Å²) in [7, 11) is 1.32. The number of hydrogen-bond acceptors (Lipinski definition) is 3. The summed E-state index contributed by atoms with van der Waals surface area (Å²) in [6.45, 7) is 0. The largest absolute Gasteiger partial charge is 0.469 e. The van der Waals surface area contributed by atoms with E-state index >= 15 is 0 Å². The van der Waals surface area contributed by atoms with E-state index in [4.69, 9.17) is 11.6 Å². The normalized spacial score (nSPS) is 27.8. The van der Waals surface area contributed by atoms with Gasteiger partial charge in [0.15, 0.2) is 5.78 Å². The van der Waals surface area contributed by atoms with E-state index in [0.717, 1.165) is 0 Å². The van der Waals surface area contributed by atoms with Crippen molar-refractivity contribution in [2.24, 2.45) is 11.8 Å². The molecular weight excluding hydrogens is 168 g/mol. The van der Waals surface area contributed by atoms with Crippen molar-refractivity contribution in [3.05, 3.63) is 0 Å². The molecule has 1 saturated carbocycles. The molecule has 0 spiro atoms. The molecule has 0 bridgehead atoms. The van der Waals surface area contributed by atoms with Crippen LogP contribution in [0.15, 0.2) is 0 Å². The SMILES string of the molecule is COC(=O)[C@H]1C[C@H]1C(=O)CCl. The van der Waals surface area contributed by atoms with Crippen molar-refractivity contribution in [1.82, 2.24) is 0 Å².